The lowest BCUT2D eigenvalue weighted by Gasteiger charge is -2.41. The second kappa shape index (κ2) is 8.32. The zero-order chi connectivity index (χ0) is 23.2. The first-order valence-electron chi connectivity index (χ1n) is 11.3. The van der Waals surface area contributed by atoms with Gasteiger partial charge in [-0.15, -0.1) is 0 Å². The molecule has 170 valence electrons. The van der Waals surface area contributed by atoms with Crippen LogP contribution in [0.2, 0.25) is 5.02 Å². The minimum atomic E-state index is -0.834. The normalized spacial score (nSPS) is 22.2. The smallest absolute Gasteiger partial charge is 0.317 e. The SMILES string of the molecule is CC(c1ccccc1)[N+]1(C(=O)c2c(F)cccc2F)CC2(CCNCC2)c2cc(Cl)ccc21. The van der Waals surface area contributed by atoms with Crippen molar-refractivity contribution in [1.82, 2.24) is 9.80 Å². The van der Waals surface area contributed by atoms with Crippen LogP contribution in [0, 0.1) is 11.6 Å². The highest BCUT2D eigenvalue weighted by atomic mass is 35.5. The Hall–Kier alpha value is -2.60. The Labute approximate surface area is 197 Å². The molecule has 6 heteroatoms. The molecular weight excluding hydrogens is 442 g/mol. The van der Waals surface area contributed by atoms with Gasteiger partial charge in [-0.05, 0) is 57.1 Å². The van der Waals surface area contributed by atoms with Crippen molar-refractivity contribution in [2.45, 2.75) is 31.2 Å². The van der Waals surface area contributed by atoms with E-state index in [4.69, 9.17) is 11.6 Å². The molecule has 0 aromatic heterocycles. The molecular formula is C27H26ClF2N2O+. The third-order valence-electron chi connectivity index (χ3n) is 7.55. The topological polar surface area (TPSA) is 29.1 Å². The van der Waals surface area contributed by atoms with E-state index in [0.29, 0.717) is 11.6 Å². The average molecular weight is 468 g/mol. The van der Waals surface area contributed by atoms with Gasteiger partial charge < -0.3 is 5.32 Å². The summed E-state index contributed by atoms with van der Waals surface area (Å²) in [5, 5.41) is 4.00. The molecule has 3 aromatic carbocycles. The summed E-state index contributed by atoms with van der Waals surface area (Å²) < 4.78 is 29.8. The van der Waals surface area contributed by atoms with E-state index >= 15 is 0 Å². The summed E-state index contributed by atoms with van der Waals surface area (Å²) in [4.78, 5) is 14.3. The van der Waals surface area contributed by atoms with Gasteiger partial charge in [0.05, 0.1) is 5.41 Å². The Morgan fingerprint density at radius 2 is 1.67 bits per heavy atom. The predicted octanol–water partition coefficient (Wildman–Crippen LogP) is 6.16. The van der Waals surface area contributed by atoms with Crippen molar-refractivity contribution in [3.05, 3.63) is 100 Å². The van der Waals surface area contributed by atoms with Crippen molar-refractivity contribution in [3.63, 3.8) is 0 Å². The number of carbonyl (C=O) groups excluding carboxylic acids is 1. The van der Waals surface area contributed by atoms with Crippen molar-refractivity contribution in [2.75, 3.05) is 19.6 Å². The molecule has 1 spiro atoms. The number of amides is 1. The number of nitrogens with zero attached hydrogens (tertiary/aromatic N) is 1. The molecule has 1 N–H and O–H groups in total. The number of rotatable bonds is 3. The zero-order valence-corrected chi connectivity index (χ0v) is 19.2. The van der Waals surface area contributed by atoms with Gasteiger partial charge in [-0.25, -0.2) is 18.1 Å². The van der Waals surface area contributed by atoms with E-state index in [0.717, 1.165) is 54.9 Å². The van der Waals surface area contributed by atoms with Crippen LogP contribution in [0.15, 0.2) is 66.7 Å². The van der Waals surface area contributed by atoms with Crippen molar-refractivity contribution in [2.24, 2.45) is 0 Å². The number of piperidine rings is 1. The molecule has 2 aliphatic rings. The molecule has 0 radical (unpaired) electrons. The van der Waals surface area contributed by atoms with Crippen LogP contribution in [0.1, 0.15) is 47.3 Å². The highest BCUT2D eigenvalue weighted by molar-refractivity contribution is 6.30. The second-order valence-corrected chi connectivity index (χ2v) is 9.64. The maximum atomic E-state index is 15.0. The van der Waals surface area contributed by atoms with Crippen LogP contribution < -0.4 is 9.80 Å². The monoisotopic (exact) mass is 467 g/mol. The summed E-state index contributed by atoms with van der Waals surface area (Å²) in [5.74, 6) is -2.22. The maximum absolute atomic E-state index is 15.0. The van der Waals surface area contributed by atoms with Crippen LogP contribution in [0.4, 0.5) is 14.5 Å². The fraction of sp³-hybridized carbons (Fsp3) is 0.296. The molecule has 2 unspecified atom stereocenters. The molecule has 0 saturated carbocycles. The van der Waals surface area contributed by atoms with E-state index in [-0.39, 0.29) is 15.9 Å². The number of fused-ring (bicyclic) bond motifs is 2. The molecule has 2 atom stereocenters. The number of quaternary nitrogens is 1. The third kappa shape index (κ3) is 3.41. The van der Waals surface area contributed by atoms with Crippen LogP contribution >= 0.6 is 11.6 Å². The zero-order valence-electron chi connectivity index (χ0n) is 18.5. The summed E-state index contributed by atoms with van der Waals surface area (Å²) in [6.07, 6.45) is 1.66. The van der Waals surface area contributed by atoms with E-state index in [2.05, 4.69) is 5.32 Å². The van der Waals surface area contributed by atoms with Crippen LogP contribution in [-0.4, -0.2) is 25.5 Å². The molecule has 1 saturated heterocycles. The summed E-state index contributed by atoms with van der Waals surface area (Å²) in [7, 11) is 0. The van der Waals surface area contributed by atoms with Gasteiger partial charge in [-0.3, -0.25) is 0 Å². The first-order valence-corrected chi connectivity index (χ1v) is 11.7. The lowest BCUT2D eigenvalue weighted by Crippen LogP contribution is -2.58. The lowest BCUT2D eigenvalue weighted by molar-refractivity contribution is 0.0662. The van der Waals surface area contributed by atoms with Crippen molar-refractivity contribution < 1.29 is 13.6 Å². The summed E-state index contributed by atoms with van der Waals surface area (Å²) in [6.45, 7) is 4.04. The minimum Gasteiger partial charge on any atom is -0.317 e. The molecule has 0 aliphatic carbocycles. The van der Waals surface area contributed by atoms with Crippen LogP contribution in [0.3, 0.4) is 0 Å². The standard InChI is InChI=1S/C27H26ClF2N2O/c1-18(19-6-3-2-4-7-19)32(26(33)25-22(29)8-5-9-23(25)30)17-27(12-14-31-15-13-27)21-16-20(28)10-11-24(21)32/h2-11,16,18,31H,12-15,17H2,1H3/q+1. The van der Waals surface area contributed by atoms with Gasteiger partial charge in [0, 0.05) is 22.2 Å². The molecule has 3 aromatic rings. The minimum absolute atomic E-state index is 0.172. The number of nitrogens with one attached hydrogen (secondary N) is 1. The third-order valence-corrected chi connectivity index (χ3v) is 7.79. The van der Waals surface area contributed by atoms with Gasteiger partial charge in [0.15, 0.2) is 5.56 Å². The van der Waals surface area contributed by atoms with E-state index in [1.165, 1.54) is 6.07 Å². The van der Waals surface area contributed by atoms with Crippen molar-refractivity contribution >= 4 is 23.2 Å². The quantitative estimate of drug-likeness (QED) is 0.467. The predicted molar refractivity (Wildman–Crippen MR) is 127 cm³/mol. The Morgan fingerprint density at radius 3 is 2.33 bits per heavy atom. The Kier molecular flexibility index (Phi) is 5.60. The Morgan fingerprint density at radius 1 is 1.00 bits per heavy atom. The largest absolute Gasteiger partial charge is 0.357 e. The highest BCUT2D eigenvalue weighted by Gasteiger charge is 2.60. The molecule has 1 amide bonds. The maximum Gasteiger partial charge on any atom is 0.357 e. The molecule has 0 bridgehead atoms. The van der Waals surface area contributed by atoms with Gasteiger partial charge in [0.2, 0.25) is 0 Å². The molecule has 5 rings (SSSR count). The summed E-state index contributed by atoms with van der Waals surface area (Å²) in [6, 6.07) is 18.6. The highest BCUT2D eigenvalue weighted by Crippen LogP contribution is 2.55. The van der Waals surface area contributed by atoms with Gasteiger partial charge in [0.1, 0.15) is 29.9 Å². The number of hydrogen-bond donors (Lipinski definition) is 1. The molecule has 3 nitrogen and oxygen atoms in total. The number of carbonyl (C=O) groups is 1. The van der Waals surface area contributed by atoms with E-state index in [9.17, 15) is 13.6 Å². The van der Waals surface area contributed by atoms with Gasteiger partial charge in [-0.2, -0.15) is 0 Å². The van der Waals surface area contributed by atoms with Gasteiger partial charge in [0.25, 0.3) is 0 Å². The second-order valence-electron chi connectivity index (χ2n) is 9.21. The molecule has 2 heterocycles. The van der Waals surface area contributed by atoms with Crippen LogP contribution in [0.5, 0.6) is 0 Å². The summed E-state index contributed by atoms with van der Waals surface area (Å²) in [5.41, 5.74) is 1.96. The fourth-order valence-electron chi connectivity index (χ4n) is 5.85. The Balaban J connectivity index is 1.80. The number of hydrogen-bond acceptors (Lipinski definition) is 2. The summed E-state index contributed by atoms with van der Waals surface area (Å²) >= 11 is 6.44. The molecule has 1 fully saturated rings. The van der Waals surface area contributed by atoms with Crippen molar-refractivity contribution in [3.8, 4) is 0 Å². The van der Waals surface area contributed by atoms with E-state index in [1.54, 1.807) is 6.07 Å². The molecule has 33 heavy (non-hydrogen) atoms. The van der Waals surface area contributed by atoms with Gasteiger partial charge >= 0.3 is 5.91 Å². The Bertz CT molecular complexity index is 1190. The van der Waals surface area contributed by atoms with Gasteiger partial charge in [-0.1, -0.05) is 48.0 Å². The lowest BCUT2D eigenvalue weighted by atomic mass is 9.74. The van der Waals surface area contributed by atoms with Crippen molar-refractivity contribution in [1.29, 1.82) is 0 Å². The molecule has 2 aliphatic heterocycles. The fourth-order valence-corrected chi connectivity index (χ4v) is 6.02. The van der Waals surface area contributed by atoms with Crippen LogP contribution in [0.25, 0.3) is 0 Å². The average Bonchev–Trinajstić information content (AvgIpc) is 3.09. The van der Waals surface area contributed by atoms with Crippen LogP contribution in [-0.2, 0) is 5.41 Å². The van der Waals surface area contributed by atoms with E-state index < -0.39 is 23.1 Å². The first-order chi connectivity index (χ1) is 15.9. The van der Waals surface area contributed by atoms with E-state index in [1.807, 2.05) is 49.4 Å². The number of halogens is 3. The number of benzene rings is 3. The first kappa shape index (κ1) is 22.2.